The fourth-order valence-corrected chi connectivity index (χ4v) is 1.50. The Morgan fingerprint density at radius 1 is 1.29 bits per heavy atom. The lowest BCUT2D eigenvalue weighted by molar-refractivity contribution is -0.161. The number of carbonyl (C=O) groups excluding carboxylic acids is 1. The summed E-state index contributed by atoms with van der Waals surface area (Å²) in [6.07, 6.45) is -5.59. The molecule has 94 valence electrons. The molecule has 1 aromatic carbocycles. The summed E-state index contributed by atoms with van der Waals surface area (Å²) in [5, 5.41) is 0. The van der Waals surface area contributed by atoms with E-state index in [4.69, 9.17) is 0 Å². The van der Waals surface area contributed by atoms with Crippen molar-refractivity contribution in [3.63, 3.8) is 0 Å². The van der Waals surface area contributed by atoms with Crippen molar-refractivity contribution in [2.45, 2.75) is 25.4 Å². The van der Waals surface area contributed by atoms with Crippen LogP contribution in [-0.4, -0.2) is 18.8 Å². The molecule has 0 spiro atoms. The van der Waals surface area contributed by atoms with Crippen LogP contribution in [-0.2, 0) is 9.53 Å². The SMILES string of the molecule is CCOC(=O)C(CC(F)(F)F)c1ccccc1. The van der Waals surface area contributed by atoms with Gasteiger partial charge < -0.3 is 4.74 Å². The van der Waals surface area contributed by atoms with Crippen molar-refractivity contribution in [2.24, 2.45) is 0 Å². The highest BCUT2D eigenvalue weighted by Gasteiger charge is 2.36. The molecule has 1 unspecified atom stereocenters. The molecule has 0 heterocycles. The number of benzene rings is 1. The minimum Gasteiger partial charge on any atom is -0.466 e. The minimum atomic E-state index is -4.40. The van der Waals surface area contributed by atoms with Gasteiger partial charge in [0.2, 0.25) is 0 Å². The molecule has 0 aliphatic rings. The summed E-state index contributed by atoms with van der Waals surface area (Å²) in [6, 6.07) is 7.86. The van der Waals surface area contributed by atoms with E-state index in [1.807, 2.05) is 0 Å². The third-order valence-electron chi connectivity index (χ3n) is 2.21. The molecular formula is C12H13F3O2. The number of esters is 1. The van der Waals surface area contributed by atoms with Crippen molar-refractivity contribution in [3.8, 4) is 0 Å². The van der Waals surface area contributed by atoms with Crippen LogP contribution < -0.4 is 0 Å². The van der Waals surface area contributed by atoms with Crippen LogP contribution in [0.4, 0.5) is 13.2 Å². The van der Waals surface area contributed by atoms with Gasteiger partial charge in [-0.25, -0.2) is 0 Å². The van der Waals surface area contributed by atoms with E-state index in [0.29, 0.717) is 5.56 Å². The van der Waals surface area contributed by atoms with Gasteiger partial charge in [0.25, 0.3) is 0 Å². The Hall–Kier alpha value is -1.52. The monoisotopic (exact) mass is 246 g/mol. The van der Waals surface area contributed by atoms with Gasteiger partial charge in [-0.15, -0.1) is 0 Å². The molecular weight excluding hydrogens is 233 g/mol. The number of hydrogen-bond acceptors (Lipinski definition) is 2. The quantitative estimate of drug-likeness (QED) is 0.762. The molecule has 17 heavy (non-hydrogen) atoms. The zero-order valence-corrected chi connectivity index (χ0v) is 9.33. The van der Waals surface area contributed by atoms with E-state index < -0.39 is 24.5 Å². The van der Waals surface area contributed by atoms with Crippen molar-refractivity contribution < 1.29 is 22.7 Å². The number of rotatable bonds is 4. The van der Waals surface area contributed by atoms with E-state index in [0.717, 1.165) is 0 Å². The van der Waals surface area contributed by atoms with Crippen LogP contribution in [0, 0.1) is 0 Å². The summed E-state index contributed by atoms with van der Waals surface area (Å²) in [5.41, 5.74) is 0.322. The van der Waals surface area contributed by atoms with E-state index in [9.17, 15) is 18.0 Å². The Balaban J connectivity index is 2.91. The maximum absolute atomic E-state index is 12.4. The molecule has 1 atom stereocenters. The molecule has 0 N–H and O–H groups in total. The highest BCUT2D eigenvalue weighted by Crippen LogP contribution is 2.31. The van der Waals surface area contributed by atoms with Crippen LogP contribution in [0.1, 0.15) is 24.8 Å². The lowest BCUT2D eigenvalue weighted by Gasteiger charge is -2.17. The van der Waals surface area contributed by atoms with Gasteiger partial charge in [0.1, 0.15) is 0 Å². The predicted octanol–water partition coefficient (Wildman–Crippen LogP) is 3.29. The summed E-state index contributed by atoms with van der Waals surface area (Å²) in [4.78, 5) is 11.5. The molecule has 0 aliphatic heterocycles. The first kappa shape index (κ1) is 13.5. The fourth-order valence-electron chi connectivity index (χ4n) is 1.50. The molecule has 0 aliphatic carbocycles. The smallest absolute Gasteiger partial charge is 0.390 e. The standard InChI is InChI=1S/C12H13F3O2/c1-2-17-11(16)10(8-12(13,14)15)9-6-4-3-5-7-9/h3-7,10H,2,8H2,1H3. The lowest BCUT2D eigenvalue weighted by Crippen LogP contribution is -2.22. The Kier molecular flexibility index (Phi) is 4.54. The van der Waals surface area contributed by atoms with E-state index >= 15 is 0 Å². The summed E-state index contributed by atoms with van der Waals surface area (Å²) in [6.45, 7) is 1.63. The lowest BCUT2D eigenvalue weighted by atomic mass is 9.95. The number of carbonyl (C=O) groups is 1. The molecule has 0 fully saturated rings. The summed E-state index contributed by atoms with van der Waals surface area (Å²) >= 11 is 0. The van der Waals surface area contributed by atoms with Gasteiger partial charge in [0.05, 0.1) is 18.9 Å². The van der Waals surface area contributed by atoms with Crippen molar-refractivity contribution in [3.05, 3.63) is 35.9 Å². The van der Waals surface area contributed by atoms with Gasteiger partial charge in [0, 0.05) is 0 Å². The van der Waals surface area contributed by atoms with Crippen molar-refractivity contribution in [2.75, 3.05) is 6.61 Å². The predicted molar refractivity (Wildman–Crippen MR) is 56.5 cm³/mol. The average molecular weight is 246 g/mol. The van der Waals surface area contributed by atoms with Gasteiger partial charge in [-0.2, -0.15) is 13.2 Å². The molecule has 2 nitrogen and oxygen atoms in total. The minimum absolute atomic E-state index is 0.0695. The second-order valence-electron chi connectivity index (χ2n) is 3.53. The zero-order chi connectivity index (χ0) is 12.9. The zero-order valence-electron chi connectivity index (χ0n) is 9.33. The average Bonchev–Trinajstić information content (AvgIpc) is 2.26. The Bertz CT molecular complexity index is 360. The number of ether oxygens (including phenoxy) is 1. The second kappa shape index (κ2) is 5.70. The van der Waals surface area contributed by atoms with Crippen LogP contribution in [0.3, 0.4) is 0 Å². The molecule has 1 aromatic rings. The first-order chi connectivity index (χ1) is 7.94. The van der Waals surface area contributed by atoms with Crippen LogP contribution in [0.25, 0.3) is 0 Å². The van der Waals surface area contributed by atoms with Crippen LogP contribution in [0.15, 0.2) is 30.3 Å². The fraction of sp³-hybridized carbons (Fsp3) is 0.417. The molecule has 0 saturated carbocycles. The number of halogens is 3. The van der Waals surface area contributed by atoms with E-state index in [1.54, 1.807) is 25.1 Å². The summed E-state index contributed by atoms with van der Waals surface area (Å²) < 4.78 is 41.8. The third-order valence-corrected chi connectivity index (χ3v) is 2.21. The van der Waals surface area contributed by atoms with Gasteiger partial charge in [-0.3, -0.25) is 4.79 Å². The van der Waals surface area contributed by atoms with Crippen molar-refractivity contribution in [1.82, 2.24) is 0 Å². The van der Waals surface area contributed by atoms with E-state index in [1.165, 1.54) is 12.1 Å². The third kappa shape index (κ3) is 4.46. The molecule has 0 radical (unpaired) electrons. The maximum atomic E-state index is 12.4. The molecule has 1 rings (SSSR count). The Morgan fingerprint density at radius 2 is 1.88 bits per heavy atom. The molecule has 0 bridgehead atoms. The first-order valence-electron chi connectivity index (χ1n) is 5.22. The highest BCUT2D eigenvalue weighted by molar-refractivity contribution is 5.78. The van der Waals surface area contributed by atoms with Gasteiger partial charge in [-0.05, 0) is 12.5 Å². The summed E-state index contributed by atoms with van der Waals surface area (Å²) in [5.74, 6) is -2.12. The van der Waals surface area contributed by atoms with Crippen molar-refractivity contribution >= 4 is 5.97 Å². The second-order valence-corrected chi connectivity index (χ2v) is 3.53. The Morgan fingerprint density at radius 3 is 2.35 bits per heavy atom. The van der Waals surface area contributed by atoms with Gasteiger partial charge in [0.15, 0.2) is 0 Å². The topological polar surface area (TPSA) is 26.3 Å². The molecule has 0 amide bonds. The van der Waals surface area contributed by atoms with Gasteiger partial charge >= 0.3 is 12.1 Å². The van der Waals surface area contributed by atoms with Crippen LogP contribution in [0.5, 0.6) is 0 Å². The summed E-state index contributed by atoms with van der Waals surface area (Å²) in [7, 11) is 0. The molecule has 0 saturated heterocycles. The van der Waals surface area contributed by atoms with Crippen LogP contribution in [0.2, 0.25) is 0 Å². The van der Waals surface area contributed by atoms with E-state index in [-0.39, 0.29) is 6.61 Å². The highest BCUT2D eigenvalue weighted by atomic mass is 19.4. The van der Waals surface area contributed by atoms with E-state index in [2.05, 4.69) is 4.74 Å². The molecule has 5 heteroatoms. The van der Waals surface area contributed by atoms with Crippen molar-refractivity contribution in [1.29, 1.82) is 0 Å². The van der Waals surface area contributed by atoms with Gasteiger partial charge in [-0.1, -0.05) is 30.3 Å². The van der Waals surface area contributed by atoms with Crippen LogP contribution >= 0.6 is 0 Å². The Labute approximate surface area is 97.4 Å². The largest absolute Gasteiger partial charge is 0.466 e. The first-order valence-corrected chi connectivity index (χ1v) is 5.22. The normalized spacial score (nSPS) is 13.2. The number of alkyl halides is 3. The number of hydrogen-bond donors (Lipinski definition) is 0. The molecule has 0 aromatic heterocycles. The maximum Gasteiger partial charge on any atom is 0.390 e.